The van der Waals surface area contributed by atoms with Gasteiger partial charge in [-0.1, -0.05) is 12.1 Å². The van der Waals surface area contributed by atoms with E-state index in [1.54, 1.807) is 36.4 Å². The van der Waals surface area contributed by atoms with Crippen molar-refractivity contribution in [2.75, 3.05) is 24.9 Å². The van der Waals surface area contributed by atoms with Crippen molar-refractivity contribution >= 4 is 35.2 Å². The van der Waals surface area contributed by atoms with Gasteiger partial charge in [-0.3, -0.25) is 14.4 Å². The van der Waals surface area contributed by atoms with Gasteiger partial charge in [0, 0.05) is 25.2 Å². The van der Waals surface area contributed by atoms with Gasteiger partial charge in [0.05, 0.1) is 14.2 Å². The van der Waals surface area contributed by atoms with E-state index in [2.05, 4.69) is 16.0 Å². The summed E-state index contributed by atoms with van der Waals surface area (Å²) in [6, 6.07) is 10.3. The van der Waals surface area contributed by atoms with Gasteiger partial charge in [-0.05, 0) is 48.4 Å². The van der Waals surface area contributed by atoms with Crippen molar-refractivity contribution in [3.8, 4) is 11.5 Å². The number of benzene rings is 2. The monoisotopic (exact) mass is 411 g/mol. The quantitative estimate of drug-likeness (QED) is 0.607. The smallest absolute Gasteiger partial charge is 0.272 e. The van der Waals surface area contributed by atoms with Crippen LogP contribution in [0, 0.1) is 6.92 Å². The molecule has 8 nitrogen and oxygen atoms in total. The first-order chi connectivity index (χ1) is 14.2. The molecule has 0 aliphatic carbocycles. The Balaban J connectivity index is 2.33. The average molecular weight is 411 g/mol. The lowest BCUT2D eigenvalue weighted by Gasteiger charge is -2.13. The van der Waals surface area contributed by atoms with Crippen molar-refractivity contribution in [2.24, 2.45) is 0 Å². The second-order valence-corrected chi connectivity index (χ2v) is 6.52. The molecule has 158 valence electrons. The Hall–Kier alpha value is -3.81. The van der Waals surface area contributed by atoms with Gasteiger partial charge in [0.1, 0.15) is 5.70 Å². The number of hydrogen-bond acceptors (Lipinski definition) is 5. The fourth-order valence-corrected chi connectivity index (χ4v) is 2.68. The Bertz CT molecular complexity index is 998. The molecule has 0 aromatic heterocycles. The molecule has 30 heavy (non-hydrogen) atoms. The Morgan fingerprint density at radius 1 is 0.867 bits per heavy atom. The lowest BCUT2D eigenvalue weighted by molar-refractivity contribution is -0.120. The minimum atomic E-state index is -0.516. The van der Waals surface area contributed by atoms with Crippen LogP contribution in [-0.2, 0) is 14.4 Å². The molecule has 0 aliphatic heterocycles. The van der Waals surface area contributed by atoms with Crippen LogP contribution in [-0.4, -0.2) is 31.9 Å². The number of ether oxygens (including phenoxy) is 2. The lowest BCUT2D eigenvalue weighted by atomic mass is 10.1. The number of nitrogens with one attached hydrogen (secondary N) is 3. The van der Waals surface area contributed by atoms with Gasteiger partial charge < -0.3 is 25.4 Å². The summed E-state index contributed by atoms with van der Waals surface area (Å²) >= 11 is 0. The van der Waals surface area contributed by atoms with E-state index in [4.69, 9.17) is 9.47 Å². The predicted octanol–water partition coefficient (Wildman–Crippen LogP) is 3.09. The molecule has 0 fully saturated rings. The number of anilines is 2. The van der Waals surface area contributed by atoms with Crippen LogP contribution in [0.3, 0.4) is 0 Å². The lowest BCUT2D eigenvalue weighted by Crippen LogP contribution is -2.29. The zero-order chi connectivity index (χ0) is 22.3. The number of aryl methyl sites for hydroxylation is 1. The molecule has 0 saturated carbocycles. The first kappa shape index (κ1) is 22.5. The summed E-state index contributed by atoms with van der Waals surface area (Å²) in [7, 11) is 3.04. The molecule has 0 unspecified atom stereocenters. The zero-order valence-corrected chi connectivity index (χ0v) is 17.6. The van der Waals surface area contributed by atoms with Crippen molar-refractivity contribution in [3.05, 3.63) is 53.2 Å². The highest BCUT2D eigenvalue weighted by atomic mass is 16.5. The summed E-state index contributed by atoms with van der Waals surface area (Å²) in [6.45, 7) is 4.57. The zero-order valence-electron chi connectivity index (χ0n) is 17.6. The summed E-state index contributed by atoms with van der Waals surface area (Å²) in [5.41, 5.74) is 2.60. The van der Waals surface area contributed by atoms with Gasteiger partial charge in [0.2, 0.25) is 11.8 Å². The third kappa shape index (κ3) is 6.10. The van der Waals surface area contributed by atoms with Crippen LogP contribution in [0.4, 0.5) is 11.4 Å². The predicted molar refractivity (Wildman–Crippen MR) is 115 cm³/mol. The van der Waals surface area contributed by atoms with Crippen LogP contribution in [0.1, 0.15) is 25.0 Å². The highest BCUT2D eigenvalue weighted by molar-refractivity contribution is 6.08. The summed E-state index contributed by atoms with van der Waals surface area (Å²) in [5, 5.41) is 7.98. The minimum absolute atomic E-state index is 0.0522. The van der Waals surface area contributed by atoms with Crippen LogP contribution in [0.5, 0.6) is 11.5 Å². The van der Waals surface area contributed by atoms with Gasteiger partial charge in [-0.2, -0.15) is 0 Å². The van der Waals surface area contributed by atoms with E-state index in [1.807, 2.05) is 6.92 Å². The minimum Gasteiger partial charge on any atom is -0.493 e. The first-order valence-corrected chi connectivity index (χ1v) is 9.14. The summed E-state index contributed by atoms with van der Waals surface area (Å²) in [6.07, 6.45) is 1.53. The van der Waals surface area contributed by atoms with Crippen molar-refractivity contribution in [3.63, 3.8) is 0 Å². The molecule has 2 rings (SSSR count). The summed E-state index contributed by atoms with van der Waals surface area (Å²) in [5.74, 6) is -0.0798. The van der Waals surface area contributed by atoms with Gasteiger partial charge in [-0.15, -0.1) is 0 Å². The van der Waals surface area contributed by atoms with E-state index in [-0.39, 0.29) is 17.5 Å². The molecule has 0 spiro atoms. The Kier molecular flexibility index (Phi) is 7.57. The molecule has 0 heterocycles. The van der Waals surface area contributed by atoms with E-state index >= 15 is 0 Å². The molecule has 0 saturated heterocycles. The van der Waals surface area contributed by atoms with Gasteiger partial charge in [-0.25, -0.2) is 0 Å². The van der Waals surface area contributed by atoms with E-state index < -0.39 is 5.91 Å². The maximum Gasteiger partial charge on any atom is 0.272 e. The third-order valence-corrected chi connectivity index (χ3v) is 4.08. The fraction of sp³-hybridized carbons (Fsp3) is 0.227. The topological polar surface area (TPSA) is 106 Å². The molecule has 0 aliphatic rings. The number of amides is 3. The Morgan fingerprint density at radius 2 is 1.57 bits per heavy atom. The maximum absolute atomic E-state index is 12.8. The van der Waals surface area contributed by atoms with E-state index in [0.717, 1.165) is 5.56 Å². The van der Waals surface area contributed by atoms with Crippen LogP contribution in [0.25, 0.3) is 6.08 Å². The Morgan fingerprint density at radius 3 is 2.17 bits per heavy atom. The van der Waals surface area contributed by atoms with Crippen molar-refractivity contribution in [2.45, 2.75) is 20.8 Å². The summed E-state index contributed by atoms with van der Waals surface area (Å²) < 4.78 is 10.5. The molecule has 2 aromatic rings. The Labute approximate surface area is 175 Å². The number of methoxy groups -OCH3 is 2. The normalized spacial score (nSPS) is 10.8. The molecule has 0 bridgehead atoms. The number of rotatable bonds is 7. The third-order valence-electron chi connectivity index (χ3n) is 4.08. The second-order valence-electron chi connectivity index (χ2n) is 6.52. The molecule has 0 radical (unpaired) electrons. The van der Waals surface area contributed by atoms with E-state index in [0.29, 0.717) is 28.4 Å². The molecular formula is C22H25N3O5. The van der Waals surface area contributed by atoms with Crippen LogP contribution in [0.15, 0.2) is 42.1 Å². The van der Waals surface area contributed by atoms with Crippen LogP contribution < -0.4 is 25.4 Å². The molecule has 0 atom stereocenters. The number of carbonyl (C=O) groups excluding carboxylic acids is 3. The molecule has 3 N–H and O–H groups in total. The molecule has 8 heteroatoms. The fourth-order valence-electron chi connectivity index (χ4n) is 2.68. The molecule has 2 aromatic carbocycles. The van der Waals surface area contributed by atoms with Gasteiger partial charge in [0.25, 0.3) is 5.91 Å². The van der Waals surface area contributed by atoms with Crippen molar-refractivity contribution in [1.82, 2.24) is 5.32 Å². The van der Waals surface area contributed by atoms with Crippen molar-refractivity contribution in [1.29, 1.82) is 0 Å². The van der Waals surface area contributed by atoms with Gasteiger partial charge in [0.15, 0.2) is 11.5 Å². The number of carbonyl (C=O) groups is 3. The SMILES string of the molecule is COc1ccc(/C=C(\NC(C)=O)C(=O)Nc2ccc(C)c(NC(C)=O)c2)cc1OC. The van der Waals surface area contributed by atoms with Crippen LogP contribution >= 0.6 is 0 Å². The van der Waals surface area contributed by atoms with E-state index in [1.165, 1.54) is 34.1 Å². The number of hydrogen-bond donors (Lipinski definition) is 3. The maximum atomic E-state index is 12.8. The summed E-state index contributed by atoms with van der Waals surface area (Å²) in [4.78, 5) is 35.8. The second kappa shape index (κ2) is 10.1. The highest BCUT2D eigenvalue weighted by Crippen LogP contribution is 2.28. The average Bonchev–Trinajstić information content (AvgIpc) is 2.69. The van der Waals surface area contributed by atoms with E-state index in [9.17, 15) is 14.4 Å². The van der Waals surface area contributed by atoms with Crippen molar-refractivity contribution < 1.29 is 23.9 Å². The first-order valence-electron chi connectivity index (χ1n) is 9.14. The van der Waals surface area contributed by atoms with Gasteiger partial charge >= 0.3 is 0 Å². The molecule has 3 amide bonds. The molecular weight excluding hydrogens is 386 g/mol. The largest absolute Gasteiger partial charge is 0.493 e. The highest BCUT2D eigenvalue weighted by Gasteiger charge is 2.14. The standard InChI is InChI=1S/C22H25N3O5/c1-13-6-8-17(12-18(13)23-14(2)26)25-22(28)19(24-15(3)27)10-16-7-9-20(29-4)21(11-16)30-5/h6-12H,1-5H3,(H,23,26)(H,24,27)(H,25,28)/b19-10-. The van der Waals surface area contributed by atoms with Crippen LogP contribution in [0.2, 0.25) is 0 Å².